The van der Waals surface area contributed by atoms with Gasteiger partial charge in [-0.1, -0.05) is 0 Å². The molecule has 0 radical (unpaired) electrons. The Kier molecular flexibility index (Phi) is 8.41. The number of fused-ring (bicyclic) bond motifs is 1. The summed E-state index contributed by atoms with van der Waals surface area (Å²) in [7, 11) is 0. The van der Waals surface area contributed by atoms with Gasteiger partial charge >= 0.3 is 6.09 Å². The minimum Gasteiger partial charge on any atom is -0.448 e. The summed E-state index contributed by atoms with van der Waals surface area (Å²) >= 11 is 0. The highest BCUT2D eigenvalue weighted by molar-refractivity contribution is 5.96. The van der Waals surface area contributed by atoms with Gasteiger partial charge in [0.05, 0.1) is 12.4 Å². The number of carbonyl (C=O) groups is 2. The van der Waals surface area contributed by atoms with Crippen molar-refractivity contribution in [3.8, 4) is 0 Å². The lowest BCUT2D eigenvalue weighted by atomic mass is 9.91. The Hall–Kier alpha value is -3.60. The Morgan fingerprint density at radius 3 is 2.56 bits per heavy atom. The van der Waals surface area contributed by atoms with Gasteiger partial charge in [0.15, 0.2) is 11.4 Å². The predicted molar refractivity (Wildman–Crippen MR) is 151 cm³/mol. The number of likely N-dealkylation sites (tertiary alicyclic amines) is 1. The molecular weight excluding hydrogens is 525 g/mol. The number of alkyl carbamates (subject to hydrolysis) is 1. The van der Waals surface area contributed by atoms with E-state index in [-0.39, 0.29) is 30.4 Å². The first-order valence-corrected chi connectivity index (χ1v) is 14.9. The second-order valence-electron chi connectivity index (χ2n) is 11.7. The van der Waals surface area contributed by atoms with Crippen molar-refractivity contribution < 1.29 is 18.7 Å². The molecule has 2 saturated carbocycles. The Balaban J connectivity index is 1.08. The fourth-order valence-corrected chi connectivity index (χ4v) is 5.96. The monoisotopic (exact) mass is 563 g/mol. The SMILES string of the molecule is O=C(NC1CCC(Nc2cc(CC3CC3)c3ncc(C(=O)Cc4ccncc4F)n3n2)CC1)OCCN1CCCC1. The number of halogens is 1. The molecule has 0 unspecified atom stereocenters. The minimum absolute atomic E-state index is 0.0862. The van der Waals surface area contributed by atoms with Crippen LogP contribution < -0.4 is 10.6 Å². The molecule has 2 aliphatic carbocycles. The van der Waals surface area contributed by atoms with Crippen LogP contribution in [0.2, 0.25) is 0 Å². The maximum atomic E-state index is 14.2. The first-order valence-electron chi connectivity index (χ1n) is 14.9. The summed E-state index contributed by atoms with van der Waals surface area (Å²) < 4.78 is 21.2. The van der Waals surface area contributed by atoms with E-state index in [0.717, 1.165) is 63.5 Å². The quantitative estimate of drug-likeness (QED) is 0.334. The first kappa shape index (κ1) is 27.6. The highest BCUT2D eigenvalue weighted by Crippen LogP contribution is 2.34. The van der Waals surface area contributed by atoms with Gasteiger partial charge in [-0.25, -0.2) is 18.7 Å². The zero-order valence-corrected chi connectivity index (χ0v) is 23.4. The van der Waals surface area contributed by atoms with Crippen molar-refractivity contribution in [2.75, 3.05) is 31.6 Å². The smallest absolute Gasteiger partial charge is 0.407 e. The van der Waals surface area contributed by atoms with Crippen molar-refractivity contribution in [3.05, 3.63) is 53.4 Å². The third kappa shape index (κ3) is 7.01. The molecular formula is C30H38FN7O3. The van der Waals surface area contributed by atoms with Crippen molar-refractivity contribution in [1.29, 1.82) is 0 Å². The largest absolute Gasteiger partial charge is 0.448 e. The maximum Gasteiger partial charge on any atom is 0.407 e. The van der Waals surface area contributed by atoms with Crippen LogP contribution in [0.5, 0.6) is 0 Å². The van der Waals surface area contributed by atoms with Gasteiger partial charge in [0.2, 0.25) is 0 Å². The summed E-state index contributed by atoms with van der Waals surface area (Å²) in [5.74, 6) is 0.587. The molecule has 0 spiro atoms. The van der Waals surface area contributed by atoms with Gasteiger partial charge in [-0.05, 0) is 94.5 Å². The van der Waals surface area contributed by atoms with E-state index in [4.69, 9.17) is 9.84 Å². The number of anilines is 1. The van der Waals surface area contributed by atoms with E-state index in [1.165, 1.54) is 37.9 Å². The van der Waals surface area contributed by atoms with Crippen LogP contribution in [0.25, 0.3) is 5.65 Å². The van der Waals surface area contributed by atoms with Crippen LogP contribution >= 0.6 is 0 Å². The van der Waals surface area contributed by atoms with Gasteiger partial charge in [-0.2, -0.15) is 0 Å². The lowest BCUT2D eigenvalue weighted by Crippen LogP contribution is -2.41. The summed E-state index contributed by atoms with van der Waals surface area (Å²) in [6.07, 6.45) is 12.9. The molecule has 3 aliphatic rings. The van der Waals surface area contributed by atoms with Crippen LogP contribution in [0.15, 0.2) is 30.7 Å². The normalized spacial score (nSPS) is 21.2. The molecule has 1 aliphatic heterocycles. The topological polar surface area (TPSA) is 114 Å². The number of rotatable bonds is 11. The number of imidazole rings is 1. The van der Waals surface area contributed by atoms with Crippen molar-refractivity contribution in [2.24, 2.45) is 5.92 Å². The van der Waals surface area contributed by atoms with E-state index in [2.05, 4.69) is 31.6 Å². The van der Waals surface area contributed by atoms with Crippen molar-refractivity contribution in [2.45, 2.75) is 76.3 Å². The number of nitrogens with one attached hydrogen (secondary N) is 2. The molecule has 11 heteroatoms. The Morgan fingerprint density at radius 2 is 1.80 bits per heavy atom. The average Bonchev–Trinajstić information content (AvgIpc) is 3.43. The number of amides is 1. The Morgan fingerprint density at radius 1 is 1.02 bits per heavy atom. The van der Waals surface area contributed by atoms with Gasteiger partial charge < -0.3 is 15.4 Å². The van der Waals surface area contributed by atoms with E-state index < -0.39 is 5.82 Å². The molecule has 6 rings (SSSR count). The Bertz CT molecular complexity index is 1380. The number of aromatic nitrogens is 4. The van der Waals surface area contributed by atoms with Crippen molar-refractivity contribution >= 4 is 23.3 Å². The lowest BCUT2D eigenvalue weighted by Gasteiger charge is -2.30. The van der Waals surface area contributed by atoms with Crippen LogP contribution in [0.4, 0.5) is 15.0 Å². The molecule has 0 atom stereocenters. The van der Waals surface area contributed by atoms with Crippen LogP contribution in [0.3, 0.4) is 0 Å². The van der Waals surface area contributed by atoms with E-state index >= 15 is 0 Å². The number of pyridine rings is 1. The maximum absolute atomic E-state index is 14.2. The molecule has 0 bridgehead atoms. The zero-order chi connectivity index (χ0) is 28.2. The summed E-state index contributed by atoms with van der Waals surface area (Å²) in [4.78, 5) is 36.1. The van der Waals surface area contributed by atoms with Crippen LogP contribution in [0.1, 0.15) is 73.0 Å². The molecule has 218 valence electrons. The molecule has 3 fully saturated rings. The minimum atomic E-state index is -0.500. The van der Waals surface area contributed by atoms with Gasteiger partial charge in [0.25, 0.3) is 0 Å². The number of hydrogen-bond donors (Lipinski definition) is 2. The van der Waals surface area contributed by atoms with Crippen molar-refractivity contribution in [3.63, 3.8) is 0 Å². The van der Waals surface area contributed by atoms with E-state index in [9.17, 15) is 14.0 Å². The summed E-state index contributed by atoms with van der Waals surface area (Å²) in [6, 6.07) is 3.88. The van der Waals surface area contributed by atoms with E-state index in [1.807, 2.05) is 0 Å². The number of ether oxygens (including phenoxy) is 1. The van der Waals surface area contributed by atoms with Gasteiger partial charge in [-0.15, -0.1) is 5.10 Å². The molecule has 41 heavy (non-hydrogen) atoms. The van der Waals surface area contributed by atoms with E-state index in [1.54, 1.807) is 10.7 Å². The molecule has 1 amide bonds. The average molecular weight is 564 g/mol. The number of ketones is 1. The van der Waals surface area contributed by atoms with Crippen LogP contribution in [-0.2, 0) is 17.6 Å². The molecule has 0 aromatic carbocycles. The molecule has 10 nitrogen and oxygen atoms in total. The summed E-state index contributed by atoms with van der Waals surface area (Å²) in [5.41, 5.74) is 2.38. The molecule has 3 aromatic rings. The molecule has 1 saturated heterocycles. The standard InChI is InChI=1S/C30H38FN7O3/c31-25-18-32-10-9-21(25)16-27(39)26-19-33-29-22(15-20-3-4-20)17-28(36-38(26)29)34-23-5-7-24(8-6-23)35-30(40)41-14-13-37-11-1-2-12-37/h9-10,17-20,23-24H,1-8,11-16H2,(H,34,36)(H,35,40). The number of carbonyl (C=O) groups excluding carboxylic acids is 2. The van der Waals surface area contributed by atoms with Crippen molar-refractivity contribution in [1.82, 2.24) is 29.8 Å². The zero-order valence-electron chi connectivity index (χ0n) is 23.4. The lowest BCUT2D eigenvalue weighted by molar-refractivity contribution is 0.0985. The fourth-order valence-electron chi connectivity index (χ4n) is 5.96. The fraction of sp³-hybridized carbons (Fsp3) is 0.567. The Labute approximate surface area is 239 Å². The second-order valence-corrected chi connectivity index (χ2v) is 11.7. The van der Waals surface area contributed by atoms with Gasteiger partial charge in [-0.3, -0.25) is 14.7 Å². The predicted octanol–water partition coefficient (Wildman–Crippen LogP) is 4.19. The third-order valence-corrected chi connectivity index (χ3v) is 8.48. The molecule has 3 aromatic heterocycles. The summed E-state index contributed by atoms with van der Waals surface area (Å²) in [6.45, 7) is 3.41. The van der Waals surface area contributed by atoms with Crippen LogP contribution in [-0.4, -0.2) is 74.7 Å². The van der Waals surface area contributed by atoms with E-state index in [0.29, 0.717) is 35.2 Å². The van der Waals surface area contributed by atoms with Crippen LogP contribution in [0, 0.1) is 11.7 Å². The molecule has 4 heterocycles. The third-order valence-electron chi connectivity index (χ3n) is 8.48. The van der Waals surface area contributed by atoms with Gasteiger partial charge in [0, 0.05) is 36.8 Å². The second kappa shape index (κ2) is 12.5. The highest BCUT2D eigenvalue weighted by atomic mass is 19.1. The number of Topliss-reactive ketones (excluding diaryl/α,β-unsaturated/α-hetero) is 1. The van der Waals surface area contributed by atoms with Gasteiger partial charge in [0.1, 0.15) is 23.9 Å². The number of hydrogen-bond acceptors (Lipinski definition) is 8. The summed E-state index contributed by atoms with van der Waals surface area (Å²) in [5, 5.41) is 11.4. The molecule has 2 N–H and O–H groups in total. The highest BCUT2D eigenvalue weighted by Gasteiger charge is 2.27. The number of nitrogens with zero attached hydrogens (tertiary/aromatic N) is 5. The first-order chi connectivity index (χ1) is 20.0.